The maximum Gasteiger partial charge on any atom is 0.335 e. The summed E-state index contributed by atoms with van der Waals surface area (Å²) in [5.74, 6) is -1.26. The normalized spacial score (nSPS) is 11.6. The number of carboxylic acids is 1. The fourth-order valence-electron chi connectivity index (χ4n) is 1.55. The standard InChI is InChI=1S/C11H7O5S/c12-11(13)8-5-7-3-1-2-4-9(7)10(6-8)17(14,15)16/h1,3-6H,(H,12,13)(H,14,15,16). The third-order valence-electron chi connectivity index (χ3n) is 2.29. The van der Waals surface area contributed by atoms with Gasteiger partial charge >= 0.3 is 5.97 Å². The van der Waals surface area contributed by atoms with E-state index in [1.807, 2.05) is 0 Å². The molecule has 0 unspecified atom stereocenters. The molecule has 2 N–H and O–H groups in total. The molecule has 0 saturated heterocycles. The van der Waals surface area contributed by atoms with Crippen molar-refractivity contribution in [2.45, 2.75) is 4.90 Å². The van der Waals surface area contributed by atoms with Crippen molar-refractivity contribution >= 4 is 26.9 Å². The topological polar surface area (TPSA) is 91.7 Å². The monoisotopic (exact) mass is 251 g/mol. The molecular formula is C11H7O5S. The van der Waals surface area contributed by atoms with E-state index in [0.29, 0.717) is 5.39 Å². The van der Waals surface area contributed by atoms with E-state index in [1.165, 1.54) is 24.3 Å². The van der Waals surface area contributed by atoms with E-state index >= 15 is 0 Å². The zero-order valence-corrected chi connectivity index (χ0v) is 9.23. The number of hydrogen-bond acceptors (Lipinski definition) is 3. The van der Waals surface area contributed by atoms with Gasteiger partial charge in [-0.15, -0.1) is 0 Å². The maximum absolute atomic E-state index is 11.2. The fraction of sp³-hybridized carbons (Fsp3) is 0. The van der Waals surface area contributed by atoms with Crippen LogP contribution in [0.2, 0.25) is 0 Å². The summed E-state index contributed by atoms with van der Waals surface area (Å²) in [4.78, 5) is 10.4. The number of hydrogen-bond donors (Lipinski definition) is 2. The minimum atomic E-state index is -4.47. The summed E-state index contributed by atoms with van der Waals surface area (Å²) in [6, 6.07) is 9.36. The first-order valence-corrected chi connectivity index (χ1v) is 5.98. The molecule has 87 valence electrons. The molecular weight excluding hydrogens is 244 g/mol. The van der Waals surface area contributed by atoms with E-state index in [9.17, 15) is 13.2 Å². The first-order valence-electron chi connectivity index (χ1n) is 4.54. The van der Waals surface area contributed by atoms with Gasteiger partial charge in [0.1, 0.15) is 4.90 Å². The van der Waals surface area contributed by atoms with E-state index in [0.717, 1.165) is 6.07 Å². The van der Waals surface area contributed by atoms with Gasteiger partial charge in [0.05, 0.1) is 5.56 Å². The predicted molar refractivity (Wildman–Crippen MR) is 59.6 cm³/mol. The van der Waals surface area contributed by atoms with Crippen molar-refractivity contribution in [3.05, 3.63) is 42.0 Å². The minimum absolute atomic E-state index is 0.198. The molecule has 0 spiro atoms. The Morgan fingerprint density at radius 3 is 2.59 bits per heavy atom. The van der Waals surface area contributed by atoms with Crippen LogP contribution in [0.25, 0.3) is 10.8 Å². The Morgan fingerprint density at radius 2 is 2.00 bits per heavy atom. The first kappa shape index (κ1) is 11.6. The Morgan fingerprint density at radius 1 is 1.29 bits per heavy atom. The predicted octanol–water partition coefficient (Wildman–Crippen LogP) is 1.58. The smallest absolute Gasteiger partial charge is 0.335 e. The molecule has 0 bridgehead atoms. The molecule has 5 nitrogen and oxygen atoms in total. The molecule has 0 atom stereocenters. The molecule has 0 aliphatic carbocycles. The lowest BCUT2D eigenvalue weighted by Crippen LogP contribution is -2.03. The van der Waals surface area contributed by atoms with Gasteiger partial charge in [-0.2, -0.15) is 8.42 Å². The van der Waals surface area contributed by atoms with Crippen LogP contribution in [-0.2, 0) is 10.1 Å². The second-order valence-electron chi connectivity index (χ2n) is 3.40. The maximum atomic E-state index is 11.2. The molecule has 6 heteroatoms. The van der Waals surface area contributed by atoms with Crippen molar-refractivity contribution in [2.24, 2.45) is 0 Å². The number of benzene rings is 2. The van der Waals surface area contributed by atoms with E-state index < -0.39 is 21.0 Å². The number of fused-ring (bicyclic) bond motifs is 1. The zero-order valence-electron chi connectivity index (χ0n) is 8.41. The van der Waals surface area contributed by atoms with E-state index in [-0.39, 0.29) is 10.9 Å². The van der Waals surface area contributed by atoms with E-state index in [4.69, 9.17) is 9.66 Å². The Hall–Kier alpha value is -1.92. The minimum Gasteiger partial charge on any atom is -0.478 e. The van der Waals surface area contributed by atoms with Crippen LogP contribution < -0.4 is 0 Å². The molecule has 0 aliphatic heterocycles. The van der Waals surface area contributed by atoms with Gasteiger partial charge in [-0.3, -0.25) is 4.55 Å². The summed E-state index contributed by atoms with van der Waals surface area (Å²) >= 11 is 0. The van der Waals surface area contributed by atoms with Crippen LogP contribution in [0.15, 0.2) is 35.2 Å². The molecule has 0 heterocycles. The molecule has 2 aromatic rings. The average molecular weight is 251 g/mol. The second-order valence-corrected chi connectivity index (χ2v) is 4.79. The molecule has 2 rings (SSSR count). The van der Waals surface area contributed by atoms with Gasteiger partial charge in [-0.25, -0.2) is 4.79 Å². The van der Waals surface area contributed by atoms with Crippen LogP contribution in [-0.4, -0.2) is 24.0 Å². The summed E-state index contributed by atoms with van der Waals surface area (Å²) in [5, 5.41) is 9.50. The van der Waals surface area contributed by atoms with Crippen LogP contribution in [0.5, 0.6) is 0 Å². The highest BCUT2D eigenvalue weighted by atomic mass is 32.2. The van der Waals surface area contributed by atoms with Crippen LogP contribution in [0.1, 0.15) is 10.4 Å². The summed E-state index contributed by atoms with van der Waals surface area (Å²) in [5.41, 5.74) is -0.198. The van der Waals surface area contributed by atoms with Gasteiger partial charge in [-0.1, -0.05) is 12.1 Å². The molecule has 0 aliphatic rings. The third-order valence-corrected chi connectivity index (χ3v) is 3.18. The fourth-order valence-corrected chi connectivity index (χ4v) is 2.28. The number of aromatic carboxylic acids is 1. The third kappa shape index (κ3) is 2.13. The van der Waals surface area contributed by atoms with Gasteiger partial charge < -0.3 is 5.11 Å². The molecule has 0 saturated carbocycles. The highest BCUT2D eigenvalue weighted by Crippen LogP contribution is 2.24. The molecule has 0 amide bonds. The summed E-state index contributed by atoms with van der Waals surface area (Å²) in [6.07, 6.45) is 0. The van der Waals surface area contributed by atoms with Crippen LogP contribution in [0, 0.1) is 6.07 Å². The van der Waals surface area contributed by atoms with E-state index in [2.05, 4.69) is 6.07 Å². The van der Waals surface area contributed by atoms with Crippen molar-refractivity contribution in [1.29, 1.82) is 0 Å². The highest BCUT2D eigenvalue weighted by molar-refractivity contribution is 7.86. The summed E-state index contributed by atoms with van der Waals surface area (Å²) in [7, 11) is -4.47. The average Bonchev–Trinajstić information content (AvgIpc) is 2.26. The largest absolute Gasteiger partial charge is 0.478 e. The van der Waals surface area contributed by atoms with Crippen molar-refractivity contribution in [3.8, 4) is 0 Å². The first-order chi connectivity index (χ1) is 7.89. The Labute approximate surface area is 97.1 Å². The zero-order chi connectivity index (χ0) is 12.6. The Balaban J connectivity index is 2.93. The molecule has 2 aromatic carbocycles. The molecule has 1 radical (unpaired) electrons. The van der Waals surface area contributed by atoms with Gasteiger partial charge in [0.25, 0.3) is 10.1 Å². The quantitative estimate of drug-likeness (QED) is 0.791. The van der Waals surface area contributed by atoms with Gasteiger partial charge in [0, 0.05) is 5.39 Å². The molecule has 0 fully saturated rings. The van der Waals surface area contributed by atoms with Crippen LogP contribution >= 0.6 is 0 Å². The second kappa shape index (κ2) is 3.83. The van der Waals surface area contributed by atoms with Crippen molar-refractivity contribution < 1.29 is 22.9 Å². The lowest BCUT2D eigenvalue weighted by atomic mass is 10.1. The highest BCUT2D eigenvalue weighted by Gasteiger charge is 2.17. The Bertz CT molecular complexity index is 703. The summed E-state index contributed by atoms with van der Waals surface area (Å²) < 4.78 is 31.4. The van der Waals surface area contributed by atoms with Gasteiger partial charge in [0.2, 0.25) is 0 Å². The van der Waals surface area contributed by atoms with Crippen molar-refractivity contribution in [2.75, 3.05) is 0 Å². The molecule has 17 heavy (non-hydrogen) atoms. The number of carboxylic acid groups (broad SMARTS) is 1. The number of rotatable bonds is 2. The van der Waals surface area contributed by atoms with E-state index in [1.54, 1.807) is 0 Å². The van der Waals surface area contributed by atoms with Gasteiger partial charge in [-0.05, 0) is 29.7 Å². The Kier molecular flexibility index (Phi) is 2.60. The summed E-state index contributed by atoms with van der Waals surface area (Å²) in [6.45, 7) is 0. The van der Waals surface area contributed by atoms with Gasteiger partial charge in [0.15, 0.2) is 0 Å². The van der Waals surface area contributed by atoms with Crippen molar-refractivity contribution in [3.63, 3.8) is 0 Å². The number of carbonyl (C=O) groups is 1. The van der Waals surface area contributed by atoms with Crippen molar-refractivity contribution in [1.82, 2.24) is 0 Å². The van der Waals surface area contributed by atoms with Crippen LogP contribution in [0.4, 0.5) is 0 Å². The van der Waals surface area contributed by atoms with Crippen LogP contribution in [0.3, 0.4) is 0 Å². The SMILES string of the molecule is O=C(O)c1cc(S(=O)(=O)O)c2c[c]ccc2c1. The lowest BCUT2D eigenvalue weighted by Gasteiger charge is -2.05. The lowest BCUT2D eigenvalue weighted by molar-refractivity contribution is 0.0697. The molecule has 0 aromatic heterocycles.